The minimum atomic E-state index is -0.421. The van der Waals surface area contributed by atoms with Crippen LogP contribution in [0.2, 0.25) is 0 Å². The van der Waals surface area contributed by atoms with E-state index in [9.17, 15) is 19.1 Å². The number of aliphatic hydroxyl groups is 1. The summed E-state index contributed by atoms with van der Waals surface area (Å²) in [6.45, 7) is 3.59. The predicted octanol–water partition coefficient (Wildman–Crippen LogP) is 2.93. The molecule has 0 atom stereocenters. The number of anilines is 1. The molecular formula is C23H24FN3O4. The SMILES string of the molecule is CCOc1ccc(NC(=O)Cn2c(-c3ccc(F)cc3)nc(C)c(CCO)c2=O)cc1. The fraction of sp³-hybridized carbons (Fsp3) is 0.261. The first-order valence-electron chi connectivity index (χ1n) is 9.92. The van der Waals surface area contributed by atoms with Crippen LogP contribution in [0.25, 0.3) is 11.4 Å². The Morgan fingerprint density at radius 3 is 2.45 bits per heavy atom. The zero-order valence-corrected chi connectivity index (χ0v) is 17.4. The number of halogens is 1. The number of rotatable bonds is 8. The van der Waals surface area contributed by atoms with E-state index in [0.29, 0.717) is 34.9 Å². The smallest absolute Gasteiger partial charge is 0.257 e. The molecule has 0 radical (unpaired) electrons. The van der Waals surface area contributed by atoms with Crippen molar-refractivity contribution in [2.75, 3.05) is 18.5 Å². The molecule has 1 amide bonds. The largest absolute Gasteiger partial charge is 0.494 e. The van der Waals surface area contributed by atoms with Crippen LogP contribution in [0, 0.1) is 12.7 Å². The molecule has 0 spiro atoms. The molecule has 1 aromatic heterocycles. The first kappa shape index (κ1) is 22.2. The first-order valence-corrected chi connectivity index (χ1v) is 9.92. The van der Waals surface area contributed by atoms with Gasteiger partial charge in [-0.05, 0) is 62.4 Å². The average molecular weight is 425 g/mol. The number of ether oxygens (including phenoxy) is 1. The van der Waals surface area contributed by atoms with Gasteiger partial charge in [-0.25, -0.2) is 9.37 Å². The Hall–Kier alpha value is -3.52. The highest BCUT2D eigenvalue weighted by molar-refractivity contribution is 5.90. The summed E-state index contributed by atoms with van der Waals surface area (Å²) in [5.74, 6) is 0.104. The second-order valence-corrected chi connectivity index (χ2v) is 6.88. The minimum absolute atomic E-state index is 0.127. The molecule has 0 aliphatic carbocycles. The Morgan fingerprint density at radius 1 is 1.16 bits per heavy atom. The van der Waals surface area contributed by atoms with Gasteiger partial charge in [0, 0.05) is 35.5 Å². The van der Waals surface area contributed by atoms with Crippen molar-refractivity contribution in [2.45, 2.75) is 26.8 Å². The van der Waals surface area contributed by atoms with Crippen molar-refractivity contribution < 1.29 is 19.0 Å². The van der Waals surface area contributed by atoms with Gasteiger partial charge in [-0.3, -0.25) is 14.2 Å². The molecule has 0 bridgehead atoms. The van der Waals surface area contributed by atoms with E-state index in [1.54, 1.807) is 31.2 Å². The lowest BCUT2D eigenvalue weighted by molar-refractivity contribution is -0.116. The van der Waals surface area contributed by atoms with Crippen LogP contribution in [0.1, 0.15) is 18.2 Å². The Labute approximate surface area is 179 Å². The van der Waals surface area contributed by atoms with Gasteiger partial charge in [-0.15, -0.1) is 0 Å². The third-order valence-electron chi connectivity index (χ3n) is 4.68. The van der Waals surface area contributed by atoms with Crippen molar-refractivity contribution >= 4 is 11.6 Å². The molecule has 3 aromatic rings. The quantitative estimate of drug-likeness (QED) is 0.579. The molecule has 31 heavy (non-hydrogen) atoms. The number of hydrogen-bond acceptors (Lipinski definition) is 5. The third-order valence-corrected chi connectivity index (χ3v) is 4.68. The lowest BCUT2D eigenvalue weighted by atomic mass is 10.1. The summed E-state index contributed by atoms with van der Waals surface area (Å²) in [7, 11) is 0. The molecule has 162 valence electrons. The lowest BCUT2D eigenvalue weighted by Crippen LogP contribution is -2.33. The average Bonchev–Trinajstić information content (AvgIpc) is 2.75. The summed E-state index contributed by atoms with van der Waals surface area (Å²) >= 11 is 0. The number of nitrogens with one attached hydrogen (secondary N) is 1. The molecular weight excluding hydrogens is 401 g/mol. The van der Waals surface area contributed by atoms with Gasteiger partial charge in [0.25, 0.3) is 5.56 Å². The number of aryl methyl sites for hydroxylation is 1. The number of aromatic nitrogens is 2. The summed E-state index contributed by atoms with van der Waals surface area (Å²) in [5, 5.41) is 12.1. The number of carbonyl (C=O) groups is 1. The maximum atomic E-state index is 13.4. The van der Waals surface area contributed by atoms with Crippen molar-refractivity contribution in [3.63, 3.8) is 0 Å². The molecule has 8 heteroatoms. The Bertz CT molecular complexity index is 1110. The van der Waals surface area contributed by atoms with E-state index in [-0.39, 0.29) is 25.4 Å². The molecule has 0 unspecified atom stereocenters. The van der Waals surface area contributed by atoms with Gasteiger partial charge in [0.1, 0.15) is 23.9 Å². The van der Waals surface area contributed by atoms with Crippen LogP contribution in [0.15, 0.2) is 53.3 Å². The highest BCUT2D eigenvalue weighted by Gasteiger charge is 2.18. The van der Waals surface area contributed by atoms with Crippen LogP contribution in [-0.2, 0) is 17.8 Å². The molecule has 0 saturated heterocycles. The van der Waals surface area contributed by atoms with Gasteiger partial charge in [0.2, 0.25) is 5.91 Å². The maximum absolute atomic E-state index is 13.4. The summed E-state index contributed by atoms with van der Waals surface area (Å²) in [4.78, 5) is 30.3. The monoisotopic (exact) mass is 425 g/mol. The fourth-order valence-electron chi connectivity index (χ4n) is 3.21. The fourth-order valence-corrected chi connectivity index (χ4v) is 3.21. The Balaban J connectivity index is 1.93. The molecule has 0 saturated carbocycles. The van der Waals surface area contributed by atoms with Gasteiger partial charge in [-0.1, -0.05) is 0 Å². The van der Waals surface area contributed by atoms with E-state index in [2.05, 4.69) is 10.3 Å². The van der Waals surface area contributed by atoms with E-state index in [1.807, 2.05) is 6.92 Å². The topological polar surface area (TPSA) is 93.4 Å². The van der Waals surface area contributed by atoms with Crippen molar-refractivity contribution in [3.05, 3.63) is 76.0 Å². The van der Waals surface area contributed by atoms with E-state index in [1.165, 1.54) is 28.8 Å². The minimum Gasteiger partial charge on any atom is -0.494 e. The van der Waals surface area contributed by atoms with Crippen LogP contribution >= 0.6 is 0 Å². The van der Waals surface area contributed by atoms with Gasteiger partial charge < -0.3 is 15.2 Å². The van der Waals surface area contributed by atoms with Gasteiger partial charge in [-0.2, -0.15) is 0 Å². The molecule has 0 fully saturated rings. The van der Waals surface area contributed by atoms with Crippen molar-refractivity contribution in [1.82, 2.24) is 9.55 Å². The molecule has 1 heterocycles. The van der Waals surface area contributed by atoms with Crippen LogP contribution in [-0.4, -0.2) is 33.8 Å². The molecule has 0 aliphatic heterocycles. The zero-order chi connectivity index (χ0) is 22.4. The summed E-state index contributed by atoms with van der Waals surface area (Å²) < 4.78 is 20.0. The van der Waals surface area contributed by atoms with Gasteiger partial charge in [0.05, 0.1) is 6.61 Å². The normalized spacial score (nSPS) is 10.7. The standard InChI is InChI=1S/C23H24FN3O4/c1-3-31-19-10-8-18(9-11-19)26-21(29)14-27-22(16-4-6-17(24)7-5-16)25-15(2)20(12-13-28)23(27)30/h4-11,28H,3,12-14H2,1-2H3,(H,26,29). The van der Waals surface area contributed by atoms with Crippen molar-refractivity contribution in [1.29, 1.82) is 0 Å². The van der Waals surface area contributed by atoms with Crippen LogP contribution < -0.4 is 15.6 Å². The number of benzene rings is 2. The summed E-state index contributed by atoms with van der Waals surface area (Å²) in [5.41, 5.74) is 1.44. The Morgan fingerprint density at radius 2 is 1.84 bits per heavy atom. The number of amides is 1. The summed E-state index contributed by atoms with van der Waals surface area (Å²) in [6.07, 6.45) is 0.127. The van der Waals surface area contributed by atoms with Crippen LogP contribution in [0.5, 0.6) is 5.75 Å². The predicted molar refractivity (Wildman–Crippen MR) is 116 cm³/mol. The first-order chi connectivity index (χ1) is 14.9. The molecule has 0 aliphatic rings. The third kappa shape index (κ3) is 5.35. The molecule has 2 N–H and O–H groups in total. The van der Waals surface area contributed by atoms with E-state index in [0.717, 1.165) is 0 Å². The van der Waals surface area contributed by atoms with E-state index in [4.69, 9.17) is 4.74 Å². The zero-order valence-electron chi connectivity index (χ0n) is 17.4. The lowest BCUT2D eigenvalue weighted by Gasteiger charge is -2.16. The molecule has 3 rings (SSSR count). The second-order valence-electron chi connectivity index (χ2n) is 6.88. The Kier molecular flexibility index (Phi) is 7.15. The number of nitrogens with zero attached hydrogens (tertiary/aromatic N) is 2. The number of aliphatic hydroxyl groups excluding tert-OH is 1. The molecule has 2 aromatic carbocycles. The van der Waals surface area contributed by atoms with Crippen molar-refractivity contribution in [2.24, 2.45) is 0 Å². The van der Waals surface area contributed by atoms with Gasteiger partial charge >= 0.3 is 0 Å². The highest BCUT2D eigenvalue weighted by Crippen LogP contribution is 2.19. The number of hydrogen-bond donors (Lipinski definition) is 2. The van der Waals surface area contributed by atoms with E-state index >= 15 is 0 Å². The summed E-state index contributed by atoms with van der Waals surface area (Å²) in [6, 6.07) is 12.4. The maximum Gasteiger partial charge on any atom is 0.257 e. The molecule has 7 nitrogen and oxygen atoms in total. The van der Waals surface area contributed by atoms with E-state index < -0.39 is 17.3 Å². The van der Waals surface area contributed by atoms with Gasteiger partial charge in [0.15, 0.2) is 0 Å². The highest BCUT2D eigenvalue weighted by atomic mass is 19.1. The van der Waals surface area contributed by atoms with Crippen LogP contribution in [0.3, 0.4) is 0 Å². The second kappa shape index (κ2) is 9.99. The van der Waals surface area contributed by atoms with Crippen LogP contribution in [0.4, 0.5) is 10.1 Å². The van der Waals surface area contributed by atoms with Crippen molar-refractivity contribution in [3.8, 4) is 17.1 Å². The number of carbonyl (C=O) groups excluding carboxylic acids is 1.